The lowest BCUT2D eigenvalue weighted by Gasteiger charge is -2.03. The molecule has 8 heavy (non-hydrogen) atoms. The van der Waals surface area contributed by atoms with Gasteiger partial charge in [-0.1, -0.05) is 6.08 Å². The highest BCUT2D eigenvalue weighted by atomic mass is 31.2. The molecule has 0 aromatic heterocycles. The zero-order chi connectivity index (χ0) is 6.41. The van der Waals surface area contributed by atoms with Crippen LogP contribution in [0.25, 0.3) is 0 Å². The molecule has 48 valence electrons. The van der Waals surface area contributed by atoms with Crippen LogP contribution in [0.15, 0.2) is 12.3 Å². The van der Waals surface area contributed by atoms with Crippen LogP contribution in [0.4, 0.5) is 0 Å². The molecule has 0 radical (unpaired) electrons. The van der Waals surface area contributed by atoms with E-state index in [9.17, 15) is 0 Å². The second kappa shape index (κ2) is 5.04. The van der Waals surface area contributed by atoms with Gasteiger partial charge in [-0.2, -0.15) is 0 Å². The van der Waals surface area contributed by atoms with Gasteiger partial charge in [0, 0.05) is 7.11 Å². The maximum atomic E-state index is 5.23. The van der Waals surface area contributed by atoms with Crippen LogP contribution in [0.1, 0.15) is 6.92 Å². The van der Waals surface area contributed by atoms with Crippen LogP contribution >= 0.6 is 8.53 Å². The Bertz CT molecular complexity index is 76.4. The lowest BCUT2D eigenvalue weighted by molar-refractivity contribution is 0.370. The second-order valence-corrected chi connectivity index (χ2v) is 2.19. The van der Waals surface area contributed by atoms with Crippen molar-refractivity contribution in [3.8, 4) is 0 Å². The Kier molecular flexibility index (Phi) is 4.97. The lowest BCUT2D eigenvalue weighted by atomic mass is 10.8. The molecule has 1 unspecified atom stereocenters. The van der Waals surface area contributed by atoms with Crippen molar-refractivity contribution in [2.75, 3.05) is 7.11 Å². The zero-order valence-corrected chi connectivity index (χ0v) is 5.89. The summed E-state index contributed by atoms with van der Waals surface area (Å²) in [6.07, 6.45) is 3.26. The minimum atomic E-state index is -1.17. The topological polar surface area (TPSA) is 44.5 Å². The van der Waals surface area contributed by atoms with E-state index in [1.165, 1.54) is 13.4 Å². The Labute approximate surface area is 50.4 Å². The largest absolute Gasteiger partial charge is 0.444 e. The maximum Gasteiger partial charge on any atom is 0.314 e. The van der Waals surface area contributed by atoms with Crippen LogP contribution in [-0.4, -0.2) is 7.11 Å². The Morgan fingerprint density at radius 2 is 2.25 bits per heavy atom. The normalized spacial score (nSPS) is 14.4. The summed E-state index contributed by atoms with van der Waals surface area (Å²) in [5.41, 5.74) is 5.23. The zero-order valence-electron chi connectivity index (χ0n) is 5.00. The van der Waals surface area contributed by atoms with E-state index in [2.05, 4.69) is 4.52 Å². The average Bonchev–Trinajstić information content (AvgIpc) is 1.83. The predicted molar refractivity (Wildman–Crippen MR) is 34.0 cm³/mol. The summed E-state index contributed by atoms with van der Waals surface area (Å²) in [6.45, 7) is 1.85. The molecule has 0 fully saturated rings. The van der Waals surface area contributed by atoms with Gasteiger partial charge in [0.2, 0.25) is 0 Å². The van der Waals surface area contributed by atoms with Crippen LogP contribution in [-0.2, 0) is 9.05 Å². The number of hydrogen-bond acceptors (Lipinski definition) is 3. The van der Waals surface area contributed by atoms with Crippen molar-refractivity contribution >= 4 is 8.53 Å². The summed E-state index contributed by atoms with van der Waals surface area (Å²) in [6, 6.07) is 0. The molecule has 0 rings (SSSR count). The highest BCUT2D eigenvalue weighted by molar-refractivity contribution is 7.44. The molecular weight excluding hydrogens is 125 g/mol. The Hall–Kier alpha value is -0.110. The minimum Gasteiger partial charge on any atom is -0.444 e. The molecule has 2 N–H and O–H groups in total. The van der Waals surface area contributed by atoms with Crippen LogP contribution in [0.5, 0.6) is 0 Å². The van der Waals surface area contributed by atoms with E-state index >= 15 is 0 Å². The molecule has 0 aromatic rings. The Balaban J connectivity index is 3.10. The lowest BCUT2D eigenvalue weighted by Crippen LogP contribution is -1.89. The molecule has 0 aromatic carbocycles. The summed E-state index contributed by atoms with van der Waals surface area (Å²) in [5.74, 6) is 0. The molecule has 0 heterocycles. The van der Waals surface area contributed by atoms with Crippen LogP contribution in [0, 0.1) is 0 Å². The van der Waals surface area contributed by atoms with E-state index in [1.54, 1.807) is 6.08 Å². The van der Waals surface area contributed by atoms with Gasteiger partial charge in [-0.05, 0) is 6.92 Å². The van der Waals surface area contributed by atoms with Gasteiger partial charge in [-0.15, -0.1) is 0 Å². The fourth-order valence-electron chi connectivity index (χ4n) is 0.164. The number of allylic oxidation sites excluding steroid dienone is 1. The molecule has 0 aliphatic carbocycles. The van der Waals surface area contributed by atoms with Crippen molar-refractivity contribution in [1.29, 1.82) is 0 Å². The molecule has 3 nitrogen and oxygen atoms in total. The molecule has 0 aliphatic rings. The fraction of sp³-hybridized carbons (Fsp3) is 0.500. The number of rotatable bonds is 3. The molecule has 0 amide bonds. The molecule has 4 heteroatoms. The third kappa shape index (κ3) is 4.06. The van der Waals surface area contributed by atoms with Crippen LogP contribution in [0.2, 0.25) is 0 Å². The van der Waals surface area contributed by atoms with E-state index < -0.39 is 8.53 Å². The summed E-state index contributed by atoms with van der Waals surface area (Å²) in [5, 5.41) is 0. The highest BCUT2D eigenvalue weighted by Crippen LogP contribution is 2.26. The predicted octanol–water partition coefficient (Wildman–Crippen LogP) is 1.37. The van der Waals surface area contributed by atoms with Crippen molar-refractivity contribution in [3.63, 3.8) is 0 Å². The molecule has 0 spiro atoms. The summed E-state index contributed by atoms with van der Waals surface area (Å²) >= 11 is 0. The Morgan fingerprint density at radius 3 is 2.62 bits per heavy atom. The number of nitrogens with two attached hydrogens (primary N) is 1. The summed E-state index contributed by atoms with van der Waals surface area (Å²) in [4.78, 5) is 0. The molecule has 1 atom stereocenters. The third-order valence-corrected chi connectivity index (χ3v) is 1.17. The summed E-state index contributed by atoms with van der Waals surface area (Å²) in [7, 11) is 0.338. The van der Waals surface area contributed by atoms with E-state index in [-0.39, 0.29) is 0 Å². The van der Waals surface area contributed by atoms with E-state index in [0.717, 1.165) is 0 Å². The molecule has 0 saturated heterocycles. The van der Waals surface area contributed by atoms with Gasteiger partial charge >= 0.3 is 8.53 Å². The van der Waals surface area contributed by atoms with E-state index in [1.807, 2.05) is 6.92 Å². The first kappa shape index (κ1) is 7.89. The first-order valence-corrected chi connectivity index (χ1v) is 3.42. The monoisotopic (exact) mass is 135 g/mol. The molecule has 0 saturated carbocycles. The molecule has 0 bridgehead atoms. The van der Waals surface area contributed by atoms with E-state index in [0.29, 0.717) is 0 Å². The average molecular weight is 135 g/mol. The van der Waals surface area contributed by atoms with Gasteiger partial charge in [0.15, 0.2) is 0 Å². The standard InChI is InChI=1S/C4H10NO2P/c1-3-4-7-8(5)6-2/h3-4H,5H2,1-2H3. The van der Waals surface area contributed by atoms with Crippen molar-refractivity contribution < 1.29 is 9.05 Å². The molecule has 0 aliphatic heterocycles. The van der Waals surface area contributed by atoms with Crippen molar-refractivity contribution in [2.45, 2.75) is 6.92 Å². The van der Waals surface area contributed by atoms with Gasteiger partial charge in [-0.25, -0.2) is 0 Å². The van der Waals surface area contributed by atoms with Crippen molar-refractivity contribution in [3.05, 3.63) is 12.3 Å². The first-order chi connectivity index (χ1) is 3.81. The second-order valence-electron chi connectivity index (χ2n) is 1.04. The smallest absolute Gasteiger partial charge is 0.314 e. The van der Waals surface area contributed by atoms with Crippen molar-refractivity contribution in [2.24, 2.45) is 5.50 Å². The van der Waals surface area contributed by atoms with E-state index in [4.69, 9.17) is 10.0 Å². The van der Waals surface area contributed by atoms with Gasteiger partial charge in [0.25, 0.3) is 0 Å². The van der Waals surface area contributed by atoms with Gasteiger partial charge < -0.3 is 9.05 Å². The minimum absolute atomic E-state index is 1.17. The van der Waals surface area contributed by atoms with Crippen molar-refractivity contribution in [1.82, 2.24) is 0 Å². The number of hydrogen-bond donors (Lipinski definition) is 1. The fourth-order valence-corrected chi connectivity index (χ4v) is 0.492. The summed E-state index contributed by atoms with van der Waals surface area (Å²) < 4.78 is 9.40. The third-order valence-electron chi connectivity index (χ3n) is 0.481. The van der Waals surface area contributed by atoms with Gasteiger partial charge in [-0.3, -0.25) is 5.50 Å². The van der Waals surface area contributed by atoms with Gasteiger partial charge in [0.1, 0.15) is 0 Å². The SMILES string of the molecule is CC=COP(N)OC. The van der Waals surface area contributed by atoms with Gasteiger partial charge in [0.05, 0.1) is 6.26 Å². The quantitative estimate of drug-likeness (QED) is 0.469. The van der Waals surface area contributed by atoms with Crippen LogP contribution < -0.4 is 5.50 Å². The van der Waals surface area contributed by atoms with Crippen LogP contribution in [0.3, 0.4) is 0 Å². The Morgan fingerprint density at radius 1 is 1.62 bits per heavy atom. The first-order valence-electron chi connectivity index (χ1n) is 2.18. The maximum absolute atomic E-state index is 5.23. The highest BCUT2D eigenvalue weighted by Gasteiger charge is 1.94. The molecular formula is C4H10NO2P.